The van der Waals surface area contributed by atoms with Gasteiger partial charge in [0, 0.05) is 25.7 Å². The molecular weight excluding hydrogens is 268 g/mol. The highest BCUT2D eigenvalue weighted by molar-refractivity contribution is 5.75. The SMILES string of the molecule is O=C(Cn1cnnn1)N[C@@H]1CCN(Cc2ccccc2)C1. The Hall–Kier alpha value is -2.28. The van der Waals surface area contributed by atoms with Crippen LogP contribution in [0.5, 0.6) is 0 Å². The molecule has 2 aromatic rings. The van der Waals surface area contributed by atoms with Crippen LogP contribution in [0, 0.1) is 0 Å². The van der Waals surface area contributed by atoms with Gasteiger partial charge in [0.05, 0.1) is 0 Å². The average Bonchev–Trinajstić information content (AvgIpc) is 3.12. The molecule has 0 saturated carbocycles. The first-order valence-electron chi connectivity index (χ1n) is 7.06. The van der Waals surface area contributed by atoms with E-state index < -0.39 is 0 Å². The summed E-state index contributed by atoms with van der Waals surface area (Å²) in [7, 11) is 0. The van der Waals surface area contributed by atoms with E-state index in [1.807, 2.05) is 6.07 Å². The molecule has 3 rings (SSSR count). The fourth-order valence-electron chi connectivity index (χ4n) is 2.61. The van der Waals surface area contributed by atoms with Crippen molar-refractivity contribution in [2.45, 2.75) is 25.6 Å². The zero-order chi connectivity index (χ0) is 14.5. The highest BCUT2D eigenvalue weighted by Gasteiger charge is 2.23. The monoisotopic (exact) mass is 286 g/mol. The Balaban J connectivity index is 1.45. The molecule has 1 amide bonds. The number of rotatable bonds is 5. The van der Waals surface area contributed by atoms with Crippen molar-refractivity contribution in [2.24, 2.45) is 0 Å². The first-order chi connectivity index (χ1) is 10.3. The summed E-state index contributed by atoms with van der Waals surface area (Å²) < 4.78 is 1.42. The molecule has 7 nitrogen and oxygen atoms in total. The zero-order valence-electron chi connectivity index (χ0n) is 11.7. The Bertz CT molecular complexity index is 570. The molecule has 0 radical (unpaired) electrons. The average molecular weight is 286 g/mol. The summed E-state index contributed by atoms with van der Waals surface area (Å²) in [6.45, 7) is 2.99. The molecule has 7 heteroatoms. The smallest absolute Gasteiger partial charge is 0.242 e. The summed E-state index contributed by atoms with van der Waals surface area (Å²) in [6, 6.07) is 10.6. The van der Waals surface area contributed by atoms with Crippen LogP contribution in [0.1, 0.15) is 12.0 Å². The highest BCUT2D eigenvalue weighted by Crippen LogP contribution is 2.13. The summed E-state index contributed by atoms with van der Waals surface area (Å²) in [5.41, 5.74) is 1.30. The maximum atomic E-state index is 11.9. The van der Waals surface area contributed by atoms with E-state index in [0.717, 1.165) is 26.1 Å². The summed E-state index contributed by atoms with van der Waals surface area (Å²) in [5.74, 6) is -0.0474. The van der Waals surface area contributed by atoms with E-state index in [0.29, 0.717) is 0 Å². The molecule has 1 aliphatic heterocycles. The fraction of sp³-hybridized carbons (Fsp3) is 0.429. The van der Waals surface area contributed by atoms with E-state index >= 15 is 0 Å². The number of likely N-dealkylation sites (tertiary alicyclic amines) is 1. The van der Waals surface area contributed by atoms with E-state index in [1.165, 1.54) is 16.6 Å². The van der Waals surface area contributed by atoms with E-state index in [9.17, 15) is 4.79 Å². The van der Waals surface area contributed by atoms with Gasteiger partial charge < -0.3 is 5.32 Å². The van der Waals surface area contributed by atoms with Gasteiger partial charge in [-0.2, -0.15) is 0 Å². The topological polar surface area (TPSA) is 75.9 Å². The van der Waals surface area contributed by atoms with Crippen molar-refractivity contribution in [3.63, 3.8) is 0 Å². The van der Waals surface area contributed by atoms with E-state index in [1.54, 1.807) is 0 Å². The molecule has 110 valence electrons. The van der Waals surface area contributed by atoms with Gasteiger partial charge in [-0.05, 0) is 22.4 Å². The third kappa shape index (κ3) is 3.85. The van der Waals surface area contributed by atoms with Crippen LogP contribution < -0.4 is 5.32 Å². The highest BCUT2D eigenvalue weighted by atomic mass is 16.2. The van der Waals surface area contributed by atoms with Crippen LogP contribution in [-0.2, 0) is 17.9 Å². The first kappa shape index (κ1) is 13.7. The largest absolute Gasteiger partial charge is 0.350 e. The van der Waals surface area contributed by atoms with Gasteiger partial charge in [0.1, 0.15) is 12.9 Å². The number of nitrogens with zero attached hydrogens (tertiary/aromatic N) is 5. The predicted molar refractivity (Wildman–Crippen MR) is 76.1 cm³/mol. The lowest BCUT2D eigenvalue weighted by Gasteiger charge is -2.16. The lowest BCUT2D eigenvalue weighted by atomic mass is 10.2. The van der Waals surface area contributed by atoms with Crippen LogP contribution >= 0.6 is 0 Å². The first-order valence-corrected chi connectivity index (χ1v) is 7.06. The molecule has 1 fully saturated rings. The lowest BCUT2D eigenvalue weighted by molar-refractivity contribution is -0.122. The number of carbonyl (C=O) groups excluding carboxylic acids is 1. The molecule has 2 heterocycles. The van der Waals surface area contributed by atoms with Gasteiger partial charge in [-0.3, -0.25) is 9.69 Å². The lowest BCUT2D eigenvalue weighted by Crippen LogP contribution is -2.38. The van der Waals surface area contributed by atoms with Crippen molar-refractivity contribution in [1.82, 2.24) is 30.4 Å². The Morgan fingerprint density at radius 2 is 2.19 bits per heavy atom. The Labute approximate surface area is 122 Å². The molecule has 0 aliphatic carbocycles. The number of hydrogen-bond acceptors (Lipinski definition) is 5. The maximum absolute atomic E-state index is 11.9. The molecular formula is C14H18N6O. The third-order valence-corrected chi connectivity index (χ3v) is 3.58. The fourth-order valence-corrected chi connectivity index (χ4v) is 2.61. The Morgan fingerprint density at radius 1 is 1.33 bits per heavy atom. The number of aromatic nitrogens is 4. The second-order valence-electron chi connectivity index (χ2n) is 5.28. The van der Waals surface area contributed by atoms with Crippen molar-refractivity contribution in [2.75, 3.05) is 13.1 Å². The van der Waals surface area contributed by atoms with Crippen molar-refractivity contribution in [1.29, 1.82) is 0 Å². The minimum atomic E-state index is -0.0474. The predicted octanol–water partition coefficient (Wildman–Crippen LogP) is 0.0638. The van der Waals surface area contributed by atoms with Crippen LogP contribution in [0.3, 0.4) is 0 Å². The van der Waals surface area contributed by atoms with Gasteiger partial charge in [0.15, 0.2) is 0 Å². The summed E-state index contributed by atoms with van der Waals surface area (Å²) in [5, 5.41) is 13.7. The van der Waals surface area contributed by atoms with Crippen LogP contribution in [0.2, 0.25) is 0 Å². The summed E-state index contributed by atoms with van der Waals surface area (Å²) in [4.78, 5) is 14.2. The second-order valence-corrected chi connectivity index (χ2v) is 5.28. The van der Waals surface area contributed by atoms with Gasteiger partial charge >= 0.3 is 0 Å². The quantitative estimate of drug-likeness (QED) is 0.841. The van der Waals surface area contributed by atoms with Crippen LogP contribution in [0.15, 0.2) is 36.7 Å². The second kappa shape index (κ2) is 6.45. The molecule has 1 atom stereocenters. The molecule has 1 N–H and O–H groups in total. The van der Waals surface area contributed by atoms with E-state index in [-0.39, 0.29) is 18.5 Å². The number of benzene rings is 1. The molecule has 0 unspecified atom stereocenters. The molecule has 0 bridgehead atoms. The minimum absolute atomic E-state index is 0.0474. The number of hydrogen-bond donors (Lipinski definition) is 1. The molecule has 1 aliphatic rings. The standard InChI is InChI=1S/C14H18N6O/c21-14(10-20-11-15-17-18-20)16-13-6-7-19(9-13)8-12-4-2-1-3-5-12/h1-5,11,13H,6-10H2,(H,16,21)/t13-/m1/s1. The number of amides is 1. The zero-order valence-corrected chi connectivity index (χ0v) is 11.7. The number of carbonyl (C=O) groups is 1. The Morgan fingerprint density at radius 3 is 2.95 bits per heavy atom. The number of nitrogens with one attached hydrogen (secondary N) is 1. The Kier molecular flexibility index (Phi) is 4.20. The summed E-state index contributed by atoms with van der Waals surface area (Å²) >= 11 is 0. The van der Waals surface area contributed by atoms with Gasteiger partial charge in [-0.25, -0.2) is 4.68 Å². The van der Waals surface area contributed by atoms with Gasteiger partial charge in [-0.15, -0.1) is 5.10 Å². The summed E-state index contributed by atoms with van der Waals surface area (Å²) in [6.07, 6.45) is 2.42. The third-order valence-electron chi connectivity index (χ3n) is 3.58. The van der Waals surface area contributed by atoms with Crippen molar-refractivity contribution >= 4 is 5.91 Å². The van der Waals surface area contributed by atoms with Gasteiger partial charge in [-0.1, -0.05) is 30.3 Å². The van der Waals surface area contributed by atoms with Crippen LogP contribution in [-0.4, -0.2) is 50.1 Å². The molecule has 1 aromatic heterocycles. The van der Waals surface area contributed by atoms with Crippen molar-refractivity contribution < 1.29 is 4.79 Å². The van der Waals surface area contributed by atoms with Crippen molar-refractivity contribution in [3.05, 3.63) is 42.2 Å². The normalized spacial score (nSPS) is 18.8. The van der Waals surface area contributed by atoms with Crippen LogP contribution in [0.4, 0.5) is 0 Å². The van der Waals surface area contributed by atoms with Crippen molar-refractivity contribution in [3.8, 4) is 0 Å². The molecule has 1 aromatic carbocycles. The molecule has 0 spiro atoms. The molecule has 1 saturated heterocycles. The van der Waals surface area contributed by atoms with Gasteiger partial charge in [0.2, 0.25) is 5.91 Å². The number of tetrazole rings is 1. The molecule has 21 heavy (non-hydrogen) atoms. The van der Waals surface area contributed by atoms with Gasteiger partial charge in [0.25, 0.3) is 0 Å². The van der Waals surface area contributed by atoms with Crippen LogP contribution in [0.25, 0.3) is 0 Å². The maximum Gasteiger partial charge on any atom is 0.242 e. The van der Waals surface area contributed by atoms with E-state index in [2.05, 4.69) is 50.0 Å². The minimum Gasteiger partial charge on any atom is -0.350 e. The van der Waals surface area contributed by atoms with E-state index in [4.69, 9.17) is 0 Å².